The second kappa shape index (κ2) is 3.57. The van der Waals surface area contributed by atoms with Gasteiger partial charge in [0, 0.05) is 0 Å². The van der Waals surface area contributed by atoms with E-state index < -0.39 is 16.2 Å². The summed E-state index contributed by atoms with van der Waals surface area (Å²) in [5.41, 5.74) is -1.06. The summed E-state index contributed by atoms with van der Waals surface area (Å²) in [4.78, 5) is 10.7. The fourth-order valence-electron chi connectivity index (χ4n) is 2.36. The summed E-state index contributed by atoms with van der Waals surface area (Å²) in [5, 5.41) is 9.22. The first-order valence-corrected chi connectivity index (χ1v) is 5.62. The highest BCUT2D eigenvalue weighted by Crippen LogP contribution is 2.58. The van der Waals surface area contributed by atoms with Crippen LogP contribution in [0.2, 0.25) is 0 Å². The van der Waals surface area contributed by atoms with Gasteiger partial charge in [-0.25, -0.2) is 0 Å². The fraction of sp³-hybridized carbons (Fsp3) is 0.900. The lowest BCUT2D eigenvalue weighted by Gasteiger charge is -2.38. The normalized spacial score (nSPS) is 36.3. The Bertz CT molecular complexity index is 251. The molecule has 0 aromatic heterocycles. The second-order valence-corrected chi connectivity index (χ2v) is 6.00. The van der Waals surface area contributed by atoms with Crippen molar-refractivity contribution in [3.05, 3.63) is 0 Å². The van der Waals surface area contributed by atoms with Crippen molar-refractivity contribution in [3.63, 3.8) is 0 Å². The Morgan fingerprint density at radius 2 is 1.93 bits per heavy atom. The van der Waals surface area contributed by atoms with Gasteiger partial charge < -0.3 is 5.11 Å². The maximum Gasteiger partial charge on any atom is 0.309 e. The lowest BCUT2D eigenvalue weighted by atomic mass is 9.66. The summed E-state index contributed by atoms with van der Waals surface area (Å²) in [6, 6.07) is 0. The Balaban J connectivity index is 3.02. The molecule has 0 unspecified atom stereocenters. The molecule has 1 fully saturated rings. The molecule has 0 spiro atoms. The molecule has 1 saturated carbocycles. The maximum atomic E-state index is 11.2. The first kappa shape index (κ1) is 12.1. The second-order valence-electron chi connectivity index (χ2n) is 4.84. The molecule has 1 N–H and O–H groups in total. The molecule has 0 bridgehead atoms. The minimum absolute atomic E-state index is 0.0620. The van der Waals surface area contributed by atoms with Gasteiger partial charge in [-0.2, -0.15) is 0 Å². The van der Waals surface area contributed by atoms with Crippen LogP contribution in [0.1, 0.15) is 33.6 Å². The van der Waals surface area contributed by atoms with Crippen molar-refractivity contribution in [2.75, 3.05) is 0 Å². The van der Waals surface area contributed by atoms with E-state index in [0.717, 1.165) is 6.42 Å². The highest BCUT2D eigenvalue weighted by molar-refractivity contribution is 6.44. The van der Waals surface area contributed by atoms with Gasteiger partial charge in [-0.15, -0.1) is 23.2 Å². The van der Waals surface area contributed by atoms with Crippen molar-refractivity contribution >= 4 is 29.2 Å². The van der Waals surface area contributed by atoms with Crippen molar-refractivity contribution in [2.24, 2.45) is 16.7 Å². The summed E-state index contributed by atoms with van der Waals surface area (Å²) in [6.07, 6.45) is 1.43. The van der Waals surface area contributed by atoms with Crippen molar-refractivity contribution in [1.29, 1.82) is 0 Å². The lowest BCUT2D eigenvalue weighted by Crippen LogP contribution is -2.42. The van der Waals surface area contributed by atoms with E-state index in [1.54, 1.807) is 6.92 Å². The zero-order valence-electron chi connectivity index (χ0n) is 8.68. The quantitative estimate of drug-likeness (QED) is 0.750. The van der Waals surface area contributed by atoms with Gasteiger partial charge in [-0.3, -0.25) is 4.79 Å². The zero-order chi connectivity index (χ0) is 11.1. The SMILES string of the molecule is CC1(C)[C@H](C(Cl)Cl)CC[C@@]1(C)C(=O)O. The van der Waals surface area contributed by atoms with Crippen molar-refractivity contribution in [3.8, 4) is 0 Å². The van der Waals surface area contributed by atoms with Crippen LogP contribution in [0.25, 0.3) is 0 Å². The molecule has 0 saturated heterocycles. The Labute approximate surface area is 94.6 Å². The molecule has 0 heterocycles. The predicted molar refractivity (Wildman–Crippen MR) is 57.7 cm³/mol. The Morgan fingerprint density at radius 3 is 2.14 bits per heavy atom. The number of carboxylic acid groups (broad SMARTS) is 1. The molecule has 2 atom stereocenters. The first-order chi connectivity index (χ1) is 6.23. The van der Waals surface area contributed by atoms with Crippen LogP contribution < -0.4 is 0 Å². The van der Waals surface area contributed by atoms with Gasteiger partial charge in [0.2, 0.25) is 0 Å². The number of alkyl halides is 2. The molecular formula is C10H16Cl2O2. The Kier molecular flexibility index (Phi) is 3.09. The fourth-order valence-corrected chi connectivity index (χ4v) is 3.24. The first-order valence-electron chi connectivity index (χ1n) is 4.75. The van der Waals surface area contributed by atoms with E-state index in [9.17, 15) is 9.90 Å². The topological polar surface area (TPSA) is 37.3 Å². The van der Waals surface area contributed by atoms with Crippen molar-refractivity contribution in [2.45, 2.75) is 38.4 Å². The molecule has 0 aromatic carbocycles. The standard InChI is InChI=1S/C10H16Cl2O2/c1-9(2)6(7(11)12)4-5-10(9,3)8(13)14/h6-7H,4-5H2,1-3H3,(H,13,14)/t6-,10-/m0/s1. The van der Waals surface area contributed by atoms with Gasteiger partial charge in [0.15, 0.2) is 0 Å². The number of carboxylic acids is 1. The third-order valence-corrected chi connectivity index (χ3v) is 4.69. The minimum atomic E-state index is -0.751. The van der Waals surface area contributed by atoms with E-state index in [1.165, 1.54) is 0 Å². The van der Waals surface area contributed by atoms with Crippen molar-refractivity contribution < 1.29 is 9.90 Å². The summed E-state index contributed by atoms with van der Waals surface area (Å²) in [6.45, 7) is 5.67. The van der Waals surface area contributed by atoms with Crippen LogP contribution in [0.15, 0.2) is 0 Å². The van der Waals surface area contributed by atoms with Crippen LogP contribution in [0.3, 0.4) is 0 Å². The molecule has 0 amide bonds. The van der Waals surface area contributed by atoms with E-state index in [-0.39, 0.29) is 11.3 Å². The van der Waals surface area contributed by atoms with Crippen LogP contribution >= 0.6 is 23.2 Å². The largest absolute Gasteiger partial charge is 0.481 e. The number of rotatable bonds is 2. The third-order valence-electron chi connectivity index (χ3n) is 4.08. The molecule has 14 heavy (non-hydrogen) atoms. The van der Waals surface area contributed by atoms with E-state index in [0.29, 0.717) is 6.42 Å². The average molecular weight is 239 g/mol. The van der Waals surface area contributed by atoms with E-state index in [4.69, 9.17) is 23.2 Å². The van der Waals surface area contributed by atoms with Gasteiger partial charge in [0.25, 0.3) is 0 Å². The van der Waals surface area contributed by atoms with Crippen LogP contribution in [0, 0.1) is 16.7 Å². The van der Waals surface area contributed by atoms with Gasteiger partial charge in [0.1, 0.15) is 4.84 Å². The summed E-state index contributed by atoms with van der Waals surface area (Å²) in [7, 11) is 0. The van der Waals surface area contributed by atoms with Gasteiger partial charge in [0.05, 0.1) is 5.41 Å². The van der Waals surface area contributed by atoms with Crippen LogP contribution in [0.5, 0.6) is 0 Å². The monoisotopic (exact) mass is 238 g/mol. The number of hydrogen-bond acceptors (Lipinski definition) is 1. The molecule has 0 aromatic rings. The summed E-state index contributed by atoms with van der Waals surface area (Å²) < 4.78 is 0. The molecular weight excluding hydrogens is 223 g/mol. The zero-order valence-corrected chi connectivity index (χ0v) is 10.2. The van der Waals surface area contributed by atoms with Crippen LogP contribution in [0.4, 0.5) is 0 Å². The highest BCUT2D eigenvalue weighted by Gasteiger charge is 2.57. The van der Waals surface area contributed by atoms with Gasteiger partial charge in [-0.05, 0) is 31.1 Å². The highest BCUT2D eigenvalue weighted by atomic mass is 35.5. The summed E-state index contributed by atoms with van der Waals surface area (Å²) >= 11 is 11.7. The molecule has 1 rings (SSSR count). The molecule has 1 aliphatic carbocycles. The molecule has 82 valence electrons. The smallest absolute Gasteiger partial charge is 0.309 e. The average Bonchev–Trinajstić information content (AvgIpc) is 2.24. The number of carbonyl (C=O) groups is 1. The Hall–Kier alpha value is 0.0500. The predicted octanol–water partition coefficient (Wildman–Crippen LogP) is 3.32. The van der Waals surface area contributed by atoms with Crippen LogP contribution in [-0.2, 0) is 4.79 Å². The van der Waals surface area contributed by atoms with E-state index in [1.807, 2.05) is 13.8 Å². The Morgan fingerprint density at radius 1 is 1.43 bits per heavy atom. The lowest BCUT2D eigenvalue weighted by molar-refractivity contribution is -0.154. The van der Waals surface area contributed by atoms with E-state index in [2.05, 4.69) is 0 Å². The number of aliphatic carboxylic acids is 1. The molecule has 0 aliphatic heterocycles. The van der Waals surface area contributed by atoms with Gasteiger partial charge in [-0.1, -0.05) is 13.8 Å². The molecule has 2 nitrogen and oxygen atoms in total. The number of hydrogen-bond donors (Lipinski definition) is 1. The molecule has 1 aliphatic rings. The van der Waals surface area contributed by atoms with Crippen molar-refractivity contribution in [1.82, 2.24) is 0 Å². The number of halogens is 2. The minimum Gasteiger partial charge on any atom is -0.481 e. The molecule has 4 heteroatoms. The van der Waals surface area contributed by atoms with Crippen LogP contribution in [-0.4, -0.2) is 15.9 Å². The summed E-state index contributed by atoms with van der Waals surface area (Å²) in [5.74, 6) is -0.689. The third kappa shape index (κ3) is 1.53. The van der Waals surface area contributed by atoms with Gasteiger partial charge >= 0.3 is 5.97 Å². The van der Waals surface area contributed by atoms with E-state index >= 15 is 0 Å². The maximum absolute atomic E-state index is 11.2. The molecule has 0 radical (unpaired) electrons.